The minimum absolute atomic E-state index is 0.0650. The minimum Gasteiger partial charge on any atom is -0.354 e. The van der Waals surface area contributed by atoms with E-state index in [2.05, 4.69) is 16.0 Å². The average molecular weight is 243 g/mol. The number of amides is 2. The molecule has 1 saturated carbocycles. The van der Waals surface area contributed by atoms with Gasteiger partial charge in [0.1, 0.15) is 6.04 Å². The fraction of sp³-hybridized carbons (Fsp3) is 0.800. The van der Waals surface area contributed by atoms with Crippen molar-refractivity contribution in [3.8, 4) is 0 Å². The van der Waals surface area contributed by atoms with E-state index in [4.69, 9.17) is 0 Å². The standard InChI is InChI=1S/C10H17N3O2S/c14-9(8-6-16-10(15)13-8)12-5-1-4-11-7-2-3-7/h7-8,11H,1-6H2,(H,12,14)(H,13,15). The molecular weight excluding hydrogens is 226 g/mol. The van der Waals surface area contributed by atoms with E-state index in [1.54, 1.807) is 0 Å². The molecule has 5 nitrogen and oxygen atoms in total. The van der Waals surface area contributed by atoms with Gasteiger partial charge in [-0.3, -0.25) is 9.59 Å². The molecule has 2 rings (SSSR count). The van der Waals surface area contributed by atoms with Crippen molar-refractivity contribution in [3.05, 3.63) is 0 Å². The fourth-order valence-corrected chi connectivity index (χ4v) is 2.32. The van der Waals surface area contributed by atoms with Gasteiger partial charge >= 0.3 is 0 Å². The lowest BCUT2D eigenvalue weighted by Crippen LogP contribution is -2.43. The summed E-state index contributed by atoms with van der Waals surface area (Å²) in [5, 5.41) is 8.73. The van der Waals surface area contributed by atoms with Crippen molar-refractivity contribution in [1.29, 1.82) is 0 Å². The smallest absolute Gasteiger partial charge is 0.279 e. The maximum Gasteiger partial charge on any atom is 0.279 e. The van der Waals surface area contributed by atoms with Crippen LogP contribution in [0.3, 0.4) is 0 Å². The van der Waals surface area contributed by atoms with Gasteiger partial charge in [-0.1, -0.05) is 11.8 Å². The molecular formula is C10H17N3O2S. The molecule has 0 aromatic carbocycles. The van der Waals surface area contributed by atoms with E-state index in [-0.39, 0.29) is 17.2 Å². The molecule has 16 heavy (non-hydrogen) atoms. The number of carbonyl (C=O) groups excluding carboxylic acids is 2. The Morgan fingerprint density at radius 2 is 2.25 bits per heavy atom. The van der Waals surface area contributed by atoms with Gasteiger partial charge in [-0.05, 0) is 25.8 Å². The minimum atomic E-state index is -0.339. The molecule has 1 aliphatic carbocycles. The Bertz CT molecular complexity index is 281. The van der Waals surface area contributed by atoms with Crippen LogP contribution in [0, 0.1) is 0 Å². The van der Waals surface area contributed by atoms with E-state index in [9.17, 15) is 9.59 Å². The zero-order valence-electron chi connectivity index (χ0n) is 9.12. The third-order valence-corrected chi connectivity index (χ3v) is 3.53. The van der Waals surface area contributed by atoms with Crippen molar-refractivity contribution in [2.75, 3.05) is 18.8 Å². The Labute approximate surface area is 99.1 Å². The maximum atomic E-state index is 11.5. The molecule has 2 amide bonds. The highest BCUT2D eigenvalue weighted by Crippen LogP contribution is 2.18. The van der Waals surface area contributed by atoms with Gasteiger partial charge in [-0.25, -0.2) is 0 Å². The third kappa shape index (κ3) is 3.68. The molecule has 0 aromatic heterocycles. The van der Waals surface area contributed by atoms with Crippen LogP contribution in [-0.4, -0.2) is 42.1 Å². The van der Waals surface area contributed by atoms with Crippen molar-refractivity contribution in [2.24, 2.45) is 0 Å². The quantitative estimate of drug-likeness (QED) is 0.577. The van der Waals surface area contributed by atoms with Crippen LogP contribution in [-0.2, 0) is 4.79 Å². The molecule has 1 aliphatic heterocycles. The van der Waals surface area contributed by atoms with E-state index >= 15 is 0 Å². The van der Waals surface area contributed by atoms with Crippen molar-refractivity contribution >= 4 is 22.9 Å². The molecule has 6 heteroatoms. The van der Waals surface area contributed by atoms with Crippen molar-refractivity contribution in [3.63, 3.8) is 0 Å². The van der Waals surface area contributed by atoms with Crippen molar-refractivity contribution in [1.82, 2.24) is 16.0 Å². The van der Waals surface area contributed by atoms with Gasteiger partial charge in [-0.15, -0.1) is 0 Å². The molecule has 90 valence electrons. The summed E-state index contributed by atoms with van der Waals surface area (Å²) in [5.41, 5.74) is 0. The zero-order valence-corrected chi connectivity index (χ0v) is 9.94. The van der Waals surface area contributed by atoms with Crippen LogP contribution in [0.2, 0.25) is 0 Å². The van der Waals surface area contributed by atoms with E-state index in [1.165, 1.54) is 24.6 Å². The van der Waals surface area contributed by atoms with E-state index < -0.39 is 0 Å². The number of hydrogen-bond donors (Lipinski definition) is 3. The van der Waals surface area contributed by atoms with Crippen molar-refractivity contribution < 1.29 is 9.59 Å². The zero-order chi connectivity index (χ0) is 11.4. The van der Waals surface area contributed by atoms with Crippen LogP contribution >= 0.6 is 11.8 Å². The lowest BCUT2D eigenvalue weighted by atomic mass is 10.3. The molecule has 1 atom stereocenters. The van der Waals surface area contributed by atoms with Gasteiger partial charge in [0, 0.05) is 18.3 Å². The summed E-state index contributed by atoms with van der Waals surface area (Å²) in [6.45, 7) is 1.63. The van der Waals surface area contributed by atoms with Gasteiger partial charge in [0.25, 0.3) is 5.24 Å². The first kappa shape index (κ1) is 11.7. The molecule has 1 heterocycles. The first-order valence-corrected chi connectivity index (χ1v) is 6.68. The topological polar surface area (TPSA) is 70.2 Å². The van der Waals surface area contributed by atoms with Crippen LogP contribution in [0.1, 0.15) is 19.3 Å². The summed E-state index contributed by atoms with van der Waals surface area (Å²) in [4.78, 5) is 22.4. The van der Waals surface area contributed by atoms with Crippen LogP contribution in [0.4, 0.5) is 4.79 Å². The summed E-state index contributed by atoms with van der Waals surface area (Å²) in [6, 6.07) is 0.384. The Balaban J connectivity index is 1.51. The Morgan fingerprint density at radius 3 is 2.88 bits per heavy atom. The molecule has 0 bridgehead atoms. The summed E-state index contributed by atoms with van der Waals surface area (Å²) in [7, 11) is 0. The van der Waals surface area contributed by atoms with Gasteiger partial charge in [0.15, 0.2) is 0 Å². The highest BCUT2D eigenvalue weighted by molar-refractivity contribution is 8.14. The molecule has 1 unspecified atom stereocenters. The molecule has 2 fully saturated rings. The first-order chi connectivity index (χ1) is 7.75. The molecule has 3 N–H and O–H groups in total. The first-order valence-electron chi connectivity index (χ1n) is 5.70. The number of hydrogen-bond acceptors (Lipinski definition) is 4. The van der Waals surface area contributed by atoms with Gasteiger partial charge in [0.2, 0.25) is 5.91 Å². The molecule has 1 saturated heterocycles. The van der Waals surface area contributed by atoms with Crippen LogP contribution < -0.4 is 16.0 Å². The van der Waals surface area contributed by atoms with Crippen LogP contribution in [0.15, 0.2) is 0 Å². The second-order valence-corrected chi connectivity index (χ2v) is 5.16. The average Bonchev–Trinajstić information content (AvgIpc) is 2.99. The lowest BCUT2D eigenvalue weighted by molar-refractivity contribution is -0.122. The summed E-state index contributed by atoms with van der Waals surface area (Å²) in [5.74, 6) is 0.482. The second-order valence-electron chi connectivity index (χ2n) is 4.17. The predicted octanol–water partition coefficient (Wildman–Crippen LogP) is 0.0697. The van der Waals surface area contributed by atoms with Crippen LogP contribution in [0.25, 0.3) is 0 Å². The Kier molecular flexibility index (Phi) is 4.06. The monoisotopic (exact) mass is 243 g/mol. The van der Waals surface area contributed by atoms with Crippen molar-refractivity contribution in [2.45, 2.75) is 31.3 Å². The Morgan fingerprint density at radius 1 is 1.44 bits per heavy atom. The summed E-state index contributed by atoms with van der Waals surface area (Å²) < 4.78 is 0. The van der Waals surface area contributed by atoms with Crippen LogP contribution in [0.5, 0.6) is 0 Å². The fourth-order valence-electron chi connectivity index (χ4n) is 1.54. The molecule has 2 aliphatic rings. The third-order valence-electron chi connectivity index (χ3n) is 2.65. The van der Waals surface area contributed by atoms with E-state index in [1.807, 2.05) is 0 Å². The number of thioether (sulfide) groups is 1. The predicted molar refractivity (Wildman–Crippen MR) is 63.4 cm³/mol. The lowest BCUT2D eigenvalue weighted by Gasteiger charge is -2.10. The molecule has 0 radical (unpaired) electrons. The van der Waals surface area contributed by atoms with Gasteiger partial charge < -0.3 is 16.0 Å². The number of rotatable bonds is 6. The summed E-state index contributed by atoms with van der Waals surface area (Å²) >= 11 is 1.17. The SMILES string of the molecule is O=C1NC(C(=O)NCCCNC2CC2)CS1. The van der Waals surface area contributed by atoms with E-state index in [0.29, 0.717) is 12.3 Å². The maximum absolute atomic E-state index is 11.5. The van der Waals surface area contributed by atoms with E-state index in [0.717, 1.165) is 19.0 Å². The number of nitrogens with one attached hydrogen (secondary N) is 3. The highest BCUT2D eigenvalue weighted by Gasteiger charge is 2.27. The number of carbonyl (C=O) groups is 2. The highest BCUT2D eigenvalue weighted by atomic mass is 32.2. The second kappa shape index (κ2) is 5.54. The summed E-state index contributed by atoms with van der Waals surface area (Å²) in [6.07, 6.45) is 3.52. The molecule has 0 aromatic rings. The Hall–Kier alpha value is -0.750. The van der Waals surface area contributed by atoms with Gasteiger partial charge in [0.05, 0.1) is 0 Å². The molecule has 0 spiro atoms. The normalized spacial score (nSPS) is 24.2. The van der Waals surface area contributed by atoms with Gasteiger partial charge in [-0.2, -0.15) is 0 Å². The largest absolute Gasteiger partial charge is 0.354 e.